The van der Waals surface area contributed by atoms with Gasteiger partial charge in [-0.3, -0.25) is 0 Å². The molecule has 0 amide bonds. The normalized spacial score (nSPS) is 15.5. The Kier molecular flexibility index (Phi) is 9.79. The first-order valence-corrected chi connectivity index (χ1v) is 10.5. The molecule has 1 aliphatic carbocycles. The first-order chi connectivity index (χ1) is 12.3. The van der Waals surface area contributed by atoms with Crippen molar-refractivity contribution in [2.24, 2.45) is 0 Å². The minimum atomic E-state index is 0.795. The summed E-state index contributed by atoms with van der Waals surface area (Å²) in [5, 5.41) is 3.54. The predicted octanol–water partition coefficient (Wildman–Crippen LogP) is 5.71. The number of unbranched alkanes of at least 4 members (excludes halogenated alkanes) is 4. The molecule has 0 bridgehead atoms. The van der Waals surface area contributed by atoms with Crippen LogP contribution in [0.1, 0.15) is 71.1 Å². The van der Waals surface area contributed by atoms with E-state index in [-0.39, 0.29) is 0 Å². The highest BCUT2D eigenvalue weighted by Gasteiger charge is 2.17. The van der Waals surface area contributed by atoms with Crippen LogP contribution in [0.15, 0.2) is 24.3 Å². The van der Waals surface area contributed by atoms with E-state index in [9.17, 15) is 0 Å². The molecule has 25 heavy (non-hydrogen) atoms. The van der Waals surface area contributed by atoms with Crippen LogP contribution in [-0.2, 0) is 0 Å². The van der Waals surface area contributed by atoms with Gasteiger partial charge >= 0.3 is 0 Å². The van der Waals surface area contributed by atoms with Gasteiger partial charge in [-0.15, -0.1) is 0 Å². The van der Waals surface area contributed by atoms with Crippen LogP contribution >= 0.6 is 0 Å². The highest BCUT2D eigenvalue weighted by molar-refractivity contribution is 5.46. The van der Waals surface area contributed by atoms with Gasteiger partial charge in [0.15, 0.2) is 0 Å². The second-order valence-electron chi connectivity index (χ2n) is 7.49. The monoisotopic (exact) mass is 346 g/mol. The zero-order valence-electron chi connectivity index (χ0n) is 16.4. The van der Waals surface area contributed by atoms with Crippen molar-refractivity contribution in [2.75, 3.05) is 32.1 Å². The van der Waals surface area contributed by atoms with Crippen LogP contribution in [-0.4, -0.2) is 37.7 Å². The Balaban J connectivity index is 1.58. The molecule has 3 nitrogen and oxygen atoms in total. The van der Waals surface area contributed by atoms with Gasteiger partial charge in [0.05, 0.1) is 6.61 Å². The van der Waals surface area contributed by atoms with E-state index < -0.39 is 0 Å². The number of hydrogen-bond donors (Lipinski definition) is 1. The number of anilines is 1. The SMILES string of the molecule is CCCCCCCOc1ccc(NCCN(C)C2CCCCC2)cc1. The van der Waals surface area contributed by atoms with Gasteiger partial charge in [0.1, 0.15) is 5.75 Å². The van der Waals surface area contributed by atoms with Crippen molar-refractivity contribution in [3.05, 3.63) is 24.3 Å². The molecule has 2 rings (SSSR count). The lowest BCUT2D eigenvalue weighted by Crippen LogP contribution is -2.36. The number of likely N-dealkylation sites (N-methyl/N-ethyl adjacent to an activating group) is 1. The van der Waals surface area contributed by atoms with Gasteiger partial charge in [-0.1, -0.05) is 51.9 Å². The largest absolute Gasteiger partial charge is 0.494 e. The molecule has 0 aromatic heterocycles. The predicted molar refractivity (Wildman–Crippen MR) is 109 cm³/mol. The summed E-state index contributed by atoms with van der Waals surface area (Å²) in [6, 6.07) is 9.22. The van der Waals surface area contributed by atoms with Crippen molar-refractivity contribution in [3.63, 3.8) is 0 Å². The van der Waals surface area contributed by atoms with Crippen LogP contribution in [0.2, 0.25) is 0 Å². The second kappa shape index (κ2) is 12.2. The number of benzene rings is 1. The van der Waals surface area contributed by atoms with Crippen molar-refractivity contribution in [3.8, 4) is 5.75 Å². The van der Waals surface area contributed by atoms with Crippen LogP contribution in [0, 0.1) is 0 Å². The third-order valence-corrected chi connectivity index (χ3v) is 5.36. The van der Waals surface area contributed by atoms with Crippen molar-refractivity contribution in [2.45, 2.75) is 77.2 Å². The molecule has 0 unspecified atom stereocenters. The van der Waals surface area contributed by atoms with Gasteiger partial charge in [0, 0.05) is 24.8 Å². The molecule has 0 saturated heterocycles. The highest BCUT2D eigenvalue weighted by Crippen LogP contribution is 2.21. The molecule has 0 radical (unpaired) electrons. The number of hydrogen-bond acceptors (Lipinski definition) is 3. The fourth-order valence-electron chi connectivity index (χ4n) is 3.65. The number of rotatable bonds is 12. The Morgan fingerprint density at radius 2 is 1.72 bits per heavy atom. The third-order valence-electron chi connectivity index (χ3n) is 5.36. The smallest absolute Gasteiger partial charge is 0.119 e. The zero-order chi connectivity index (χ0) is 17.7. The van der Waals surface area contributed by atoms with Crippen LogP contribution in [0.25, 0.3) is 0 Å². The van der Waals surface area contributed by atoms with Crippen molar-refractivity contribution in [1.82, 2.24) is 4.90 Å². The molecule has 3 heteroatoms. The molecule has 1 aromatic rings. The lowest BCUT2D eigenvalue weighted by molar-refractivity contribution is 0.198. The minimum Gasteiger partial charge on any atom is -0.494 e. The van der Waals surface area contributed by atoms with E-state index in [4.69, 9.17) is 4.74 Å². The van der Waals surface area contributed by atoms with Crippen LogP contribution in [0.5, 0.6) is 5.75 Å². The summed E-state index contributed by atoms with van der Waals surface area (Å²) in [7, 11) is 2.27. The van der Waals surface area contributed by atoms with Crippen molar-refractivity contribution >= 4 is 5.69 Å². The summed E-state index contributed by atoms with van der Waals surface area (Å²) < 4.78 is 5.83. The molecule has 0 spiro atoms. The summed E-state index contributed by atoms with van der Waals surface area (Å²) >= 11 is 0. The summed E-state index contributed by atoms with van der Waals surface area (Å²) in [5.41, 5.74) is 1.19. The van der Waals surface area contributed by atoms with Crippen molar-refractivity contribution < 1.29 is 4.74 Å². The lowest BCUT2D eigenvalue weighted by atomic mass is 9.94. The number of nitrogens with zero attached hydrogens (tertiary/aromatic N) is 1. The maximum Gasteiger partial charge on any atom is 0.119 e. The van der Waals surface area contributed by atoms with Gasteiger partial charge in [0.2, 0.25) is 0 Å². The topological polar surface area (TPSA) is 24.5 Å². The molecule has 0 atom stereocenters. The van der Waals surface area contributed by atoms with E-state index in [2.05, 4.69) is 48.5 Å². The summed E-state index contributed by atoms with van der Waals surface area (Å²) in [6.07, 6.45) is 13.4. The fourth-order valence-corrected chi connectivity index (χ4v) is 3.65. The quantitative estimate of drug-likeness (QED) is 0.490. The average Bonchev–Trinajstić information content (AvgIpc) is 2.66. The molecular weight excluding hydrogens is 308 g/mol. The van der Waals surface area contributed by atoms with Crippen molar-refractivity contribution in [1.29, 1.82) is 0 Å². The minimum absolute atomic E-state index is 0.795. The Morgan fingerprint density at radius 3 is 2.44 bits per heavy atom. The van der Waals surface area contributed by atoms with E-state index in [1.807, 2.05) is 0 Å². The molecular formula is C22H38N2O. The van der Waals surface area contributed by atoms with E-state index in [0.717, 1.165) is 37.9 Å². The summed E-state index contributed by atoms with van der Waals surface area (Å²) in [4.78, 5) is 2.53. The van der Waals surface area contributed by atoms with Gasteiger partial charge in [-0.25, -0.2) is 0 Å². The molecule has 142 valence electrons. The molecule has 0 heterocycles. The molecule has 1 aromatic carbocycles. The van der Waals surface area contributed by atoms with Gasteiger partial charge in [-0.05, 0) is 50.6 Å². The van der Waals surface area contributed by atoms with Crippen LogP contribution in [0.3, 0.4) is 0 Å². The van der Waals surface area contributed by atoms with Gasteiger partial charge in [0.25, 0.3) is 0 Å². The first kappa shape index (κ1) is 20.1. The van der Waals surface area contributed by atoms with E-state index in [1.54, 1.807) is 0 Å². The maximum atomic E-state index is 5.83. The van der Waals surface area contributed by atoms with E-state index in [1.165, 1.54) is 63.5 Å². The number of ether oxygens (including phenoxy) is 1. The zero-order valence-corrected chi connectivity index (χ0v) is 16.4. The van der Waals surface area contributed by atoms with Crippen LogP contribution in [0.4, 0.5) is 5.69 Å². The Morgan fingerprint density at radius 1 is 1.00 bits per heavy atom. The maximum absolute atomic E-state index is 5.83. The van der Waals surface area contributed by atoms with E-state index >= 15 is 0 Å². The Hall–Kier alpha value is -1.22. The summed E-state index contributed by atoms with van der Waals surface area (Å²) in [5.74, 6) is 0.986. The van der Waals surface area contributed by atoms with E-state index in [0.29, 0.717) is 0 Å². The molecule has 1 saturated carbocycles. The third kappa shape index (κ3) is 8.13. The van der Waals surface area contributed by atoms with Gasteiger partial charge < -0.3 is 15.0 Å². The van der Waals surface area contributed by atoms with Gasteiger partial charge in [-0.2, -0.15) is 0 Å². The average molecular weight is 347 g/mol. The fraction of sp³-hybridized carbons (Fsp3) is 0.727. The molecule has 0 aliphatic heterocycles. The van der Waals surface area contributed by atoms with Crippen LogP contribution < -0.4 is 10.1 Å². The Labute approximate surface area is 155 Å². The Bertz CT molecular complexity index is 440. The number of nitrogens with one attached hydrogen (secondary N) is 1. The molecule has 1 fully saturated rings. The molecule has 1 N–H and O–H groups in total. The lowest BCUT2D eigenvalue weighted by Gasteiger charge is -2.31. The summed E-state index contributed by atoms with van der Waals surface area (Å²) in [6.45, 7) is 5.20. The standard InChI is InChI=1S/C22H38N2O/c1-3-4-5-6-10-19-25-22-15-13-20(14-16-22)23-17-18-24(2)21-11-8-7-9-12-21/h13-16,21,23H,3-12,17-19H2,1-2H3. The highest BCUT2D eigenvalue weighted by atomic mass is 16.5. The second-order valence-corrected chi connectivity index (χ2v) is 7.49. The molecule has 1 aliphatic rings. The first-order valence-electron chi connectivity index (χ1n) is 10.5.